The van der Waals surface area contributed by atoms with Gasteiger partial charge in [-0.3, -0.25) is 9.69 Å². The van der Waals surface area contributed by atoms with Crippen molar-refractivity contribution in [3.63, 3.8) is 0 Å². The Morgan fingerprint density at radius 1 is 1.38 bits per heavy atom. The number of hydrogen-bond acceptors (Lipinski definition) is 2. The number of carboxylic acid groups (broad SMARTS) is 1. The summed E-state index contributed by atoms with van der Waals surface area (Å²) in [5.41, 5.74) is 0. The molecule has 0 amide bonds. The van der Waals surface area contributed by atoms with E-state index in [2.05, 4.69) is 6.92 Å². The van der Waals surface area contributed by atoms with Gasteiger partial charge in [0.25, 0.3) is 0 Å². The van der Waals surface area contributed by atoms with E-state index in [4.69, 9.17) is 5.11 Å². The molecular weight excluding hydrogens is 166 g/mol. The van der Waals surface area contributed by atoms with E-state index in [0.29, 0.717) is 6.04 Å². The predicted octanol–water partition coefficient (Wildman–Crippen LogP) is 1.58. The van der Waals surface area contributed by atoms with Crippen molar-refractivity contribution in [1.29, 1.82) is 0 Å². The maximum Gasteiger partial charge on any atom is 0.317 e. The van der Waals surface area contributed by atoms with Gasteiger partial charge in [0.2, 0.25) is 0 Å². The van der Waals surface area contributed by atoms with Crippen LogP contribution in [0.25, 0.3) is 0 Å². The molecule has 0 spiro atoms. The number of likely N-dealkylation sites (N-methyl/N-ethyl adjacent to an activating group) is 1. The second-order valence-electron chi connectivity index (χ2n) is 4.22. The van der Waals surface area contributed by atoms with Gasteiger partial charge in [0.1, 0.15) is 0 Å². The zero-order chi connectivity index (χ0) is 9.84. The normalized spacial score (nSPS) is 29.2. The van der Waals surface area contributed by atoms with Crippen LogP contribution in [-0.4, -0.2) is 35.6 Å². The molecule has 0 saturated heterocycles. The summed E-state index contributed by atoms with van der Waals surface area (Å²) in [7, 11) is 1.91. The molecule has 0 aliphatic heterocycles. The molecule has 0 bridgehead atoms. The molecule has 0 radical (unpaired) electrons. The molecule has 76 valence electrons. The van der Waals surface area contributed by atoms with E-state index in [1.807, 2.05) is 11.9 Å². The lowest BCUT2D eigenvalue weighted by molar-refractivity contribution is -0.138. The van der Waals surface area contributed by atoms with Gasteiger partial charge in [0.05, 0.1) is 6.54 Å². The molecule has 1 aliphatic carbocycles. The highest BCUT2D eigenvalue weighted by atomic mass is 16.4. The van der Waals surface area contributed by atoms with Crippen LogP contribution in [-0.2, 0) is 4.79 Å². The highest BCUT2D eigenvalue weighted by Gasteiger charge is 2.22. The van der Waals surface area contributed by atoms with E-state index in [-0.39, 0.29) is 6.54 Å². The van der Waals surface area contributed by atoms with Crippen LogP contribution in [0.15, 0.2) is 0 Å². The van der Waals surface area contributed by atoms with Crippen LogP contribution in [0.5, 0.6) is 0 Å². The number of carbonyl (C=O) groups is 1. The Hall–Kier alpha value is -0.570. The Labute approximate surface area is 79.7 Å². The lowest BCUT2D eigenvalue weighted by Crippen LogP contribution is -2.38. The standard InChI is InChI=1S/C10H19NO2/c1-8-3-5-9(6-4-8)11(2)7-10(12)13/h8-9H,3-7H2,1-2H3,(H,12,13). The molecule has 0 heterocycles. The third-order valence-electron chi connectivity index (χ3n) is 2.99. The fraction of sp³-hybridized carbons (Fsp3) is 0.900. The fourth-order valence-electron chi connectivity index (χ4n) is 2.03. The minimum atomic E-state index is -0.721. The average Bonchev–Trinajstić information content (AvgIpc) is 2.04. The molecule has 0 aromatic rings. The zero-order valence-corrected chi connectivity index (χ0v) is 8.49. The lowest BCUT2D eigenvalue weighted by atomic mass is 9.87. The van der Waals surface area contributed by atoms with Crippen molar-refractivity contribution >= 4 is 5.97 Å². The second kappa shape index (κ2) is 4.61. The van der Waals surface area contributed by atoms with E-state index in [1.165, 1.54) is 12.8 Å². The number of carboxylic acids is 1. The summed E-state index contributed by atoms with van der Waals surface area (Å²) in [6, 6.07) is 0.493. The average molecular weight is 185 g/mol. The first-order chi connectivity index (χ1) is 6.09. The SMILES string of the molecule is CC1CCC(N(C)CC(=O)O)CC1. The van der Waals surface area contributed by atoms with Gasteiger partial charge in [0.15, 0.2) is 0 Å². The Morgan fingerprint density at radius 3 is 2.38 bits per heavy atom. The first-order valence-corrected chi connectivity index (χ1v) is 5.01. The van der Waals surface area contributed by atoms with Crippen molar-refractivity contribution in [2.75, 3.05) is 13.6 Å². The minimum absolute atomic E-state index is 0.180. The summed E-state index contributed by atoms with van der Waals surface area (Å²) in [5, 5.41) is 8.62. The maximum absolute atomic E-state index is 10.5. The van der Waals surface area contributed by atoms with Crippen LogP contribution in [0.4, 0.5) is 0 Å². The van der Waals surface area contributed by atoms with Crippen LogP contribution < -0.4 is 0 Å². The summed E-state index contributed by atoms with van der Waals surface area (Å²) >= 11 is 0. The van der Waals surface area contributed by atoms with Crippen LogP contribution in [0.2, 0.25) is 0 Å². The summed E-state index contributed by atoms with van der Waals surface area (Å²) in [5.74, 6) is 0.107. The highest BCUT2D eigenvalue weighted by molar-refractivity contribution is 5.69. The quantitative estimate of drug-likeness (QED) is 0.725. The molecule has 0 aromatic carbocycles. The van der Waals surface area contributed by atoms with E-state index in [9.17, 15) is 4.79 Å². The number of nitrogens with zero attached hydrogens (tertiary/aromatic N) is 1. The Kier molecular flexibility index (Phi) is 3.72. The lowest BCUT2D eigenvalue weighted by Gasteiger charge is -2.32. The minimum Gasteiger partial charge on any atom is -0.480 e. The number of hydrogen-bond donors (Lipinski definition) is 1. The largest absolute Gasteiger partial charge is 0.480 e. The van der Waals surface area contributed by atoms with Gasteiger partial charge in [-0.15, -0.1) is 0 Å². The molecule has 0 unspecified atom stereocenters. The van der Waals surface area contributed by atoms with Crippen molar-refractivity contribution in [2.45, 2.75) is 38.6 Å². The Morgan fingerprint density at radius 2 is 1.92 bits per heavy atom. The molecule has 1 N–H and O–H groups in total. The number of rotatable bonds is 3. The first-order valence-electron chi connectivity index (χ1n) is 5.01. The maximum atomic E-state index is 10.5. The monoisotopic (exact) mass is 185 g/mol. The van der Waals surface area contributed by atoms with Gasteiger partial charge in [-0.25, -0.2) is 0 Å². The van der Waals surface area contributed by atoms with Gasteiger partial charge < -0.3 is 5.11 Å². The molecule has 1 rings (SSSR count). The Balaban J connectivity index is 2.31. The molecule has 13 heavy (non-hydrogen) atoms. The molecule has 3 heteroatoms. The fourth-order valence-corrected chi connectivity index (χ4v) is 2.03. The molecular formula is C10H19NO2. The van der Waals surface area contributed by atoms with Gasteiger partial charge in [-0.2, -0.15) is 0 Å². The molecule has 3 nitrogen and oxygen atoms in total. The zero-order valence-electron chi connectivity index (χ0n) is 8.49. The smallest absolute Gasteiger partial charge is 0.317 e. The van der Waals surface area contributed by atoms with Crippen LogP contribution >= 0.6 is 0 Å². The van der Waals surface area contributed by atoms with Crippen LogP contribution in [0.3, 0.4) is 0 Å². The molecule has 1 aliphatic rings. The van der Waals surface area contributed by atoms with E-state index in [1.54, 1.807) is 0 Å². The van der Waals surface area contributed by atoms with Crippen molar-refractivity contribution in [2.24, 2.45) is 5.92 Å². The van der Waals surface area contributed by atoms with Crippen molar-refractivity contribution < 1.29 is 9.90 Å². The third kappa shape index (κ3) is 3.35. The second-order valence-corrected chi connectivity index (χ2v) is 4.22. The van der Waals surface area contributed by atoms with E-state index < -0.39 is 5.97 Å². The van der Waals surface area contributed by atoms with E-state index in [0.717, 1.165) is 18.8 Å². The molecule has 1 saturated carbocycles. The predicted molar refractivity (Wildman–Crippen MR) is 51.7 cm³/mol. The summed E-state index contributed by atoms with van der Waals surface area (Å²) < 4.78 is 0. The summed E-state index contributed by atoms with van der Waals surface area (Å²) in [6.07, 6.45) is 4.80. The van der Waals surface area contributed by atoms with Gasteiger partial charge in [-0.1, -0.05) is 6.92 Å². The number of aliphatic carboxylic acids is 1. The topological polar surface area (TPSA) is 40.5 Å². The Bertz CT molecular complexity index is 174. The summed E-state index contributed by atoms with van der Waals surface area (Å²) in [6.45, 7) is 2.45. The van der Waals surface area contributed by atoms with Gasteiger partial charge in [-0.05, 0) is 38.6 Å². The molecule has 0 aromatic heterocycles. The van der Waals surface area contributed by atoms with Crippen molar-refractivity contribution in [3.05, 3.63) is 0 Å². The van der Waals surface area contributed by atoms with Gasteiger partial charge in [0, 0.05) is 6.04 Å². The summed E-state index contributed by atoms with van der Waals surface area (Å²) in [4.78, 5) is 12.4. The van der Waals surface area contributed by atoms with Gasteiger partial charge >= 0.3 is 5.97 Å². The van der Waals surface area contributed by atoms with Crippen molar-refractivity contribution in [3.8, 4) is 0 Å². The van der Waals surface area contributed by atoms with Crippen LogP contribution in [0.1, 0.15) is 32.6 Å². The third-order valence-corrected chi connectivity index (χ3v) is 2.99. The first kappa shape index (κ1) is 10.5. The van der Waals surface area contributed by atoms with Crippen LogP contribution in [0, 0.1) is 5.92 Å². The van der Waals surface area contributed by atoms with E-state index >= 15 is 0 Å². The molecule has 0 atom stereocenters. The van der Waals surface area contributed by atoms with Crippen molar-refractivity contribution in [1.82, 2.24) is 4.90 Å². The highest BCUT2D eigenvalue weighted by Crippen LogP contribution is 2.26. The molecule has 1 fully saturated rings.